The van der Waals surface area contributed by atoms with Gasteiger partial charge in [-0.05, 0) is 41.1 Å². The molecule has 0 saturated heterocycles. The van der Waals surface area contributed by atoms with E-state index in [-0.39, 0.29) is 5.78 Å². The Labute approximate surface area is 131 Å². The van der Waals surface area contributed by atoms with Crippen LogP contribution in [0, 0.1) is 0 Å². The third kappa shape index (κ3) is 3.95. The second kappa shape index (κ2) is 6.73. The molecule has 2 aromatic rings. The zero-order valence-corrected chi connectivity index (χ0v) is 13.2. The molecule has 0 unspecified atom stereocenters. The lowest BCUT2D eigenvalue weighted by Gasteiger charge is -2.07. The van der Waals surface area contributed by atoms with Crippen molar-refractivity contribution in [1.29, 1.82) is 0 Å². The average molecular weight is 351 g/mol. The van der Waals surface area contributed by atoms with Gasteiger partial charge in [-0.3, -0.25) is 4.79 Å². The largest absolute Gasteiger partial charge is 0.359 e. The van der Waals surface area contributed by atoms with Gasteiger partial charge in [0.1, 0.15) is 0 Å². The van der Waals surface area contributed by atoms with E-state index in [1.54, 1.807) is 24.3 Å². The third-order valence-corrected chi connectivity index (χ3v) is 3.90. The van der Waals surface area contributed by atoms with Crippen LogP contribution in [-0.2, 0) is 0 Å². The quantitative estimate of drug-likeness (QED) is 0.599. The number of hydrogen-bond donors (Lipinski definition) is 1. The number of benzene rings is 2. The second-order valence-electron chi connectivity index (χ2n) is 4.31. The normalized spacial score (nSPS) is 11.2. The molecule has 0 heterocycles. The van der Waals surface area contributed by atoms with Crippen molar-refractivity contribution in [3.8, 4) is 0 Å². The molecule has 2 nitrogen and oxygen atoms in total. The molecule has 0 fully saturated rings. The Morgan fingerprint density at radius 1 is 1.20 bits per heavy atom. The predicted molar refractivity (Wildman–Crippen MR) is 87.3 cm³/mol. The molecular weight excluding hydrogens is 338 g/mol. The zero-order valence-electron chi connectivity index (χ0n) is 10.9. The van der Waals surface area contributed by atoms with Crippen molar-refractivity contribution in [1.82, 2.24) is 0 Å². The fourth-order valence-corrected chi connectivity index (χ4v) is 2.15. The van der Waals surface area contributed by atoms with Crippen LogP contribution in [0.25, 0.3) is 0 Å². The molecule has 0 amide bonds. The molecule has 0 aliphatic heterocycles. The third-order valence-electron chi connectivity index (χ3n) is 2.67. The molecule has 0 aliphatic rings. The molecule has 0 radical (unpaired) electrons. The SMILES string of the molecule is C/C(=C/C(=O)c1ccccc1)Nc1ccc(Br)c(Cl)c1. The molecule has 2 aromatic carbocycles. The van der Waals surface area contributed by atoms with Gasteiger partial charge in [-0.1, -0.05) is 41.9 Å². The summed E-state index contributed by atoms with van der Waals surface area (Å²) in [4.78, 5) is 12.0. The predicted octanol–water partition coefficient (Wildman–Crippen LogP) is 5.30. The molecule has 1 N–H and O–H groups in total. The fraction of sp³-hybridized carbons (Fsp3) is 0.0625. The van der Waals surface area contributed by atoms with Gasteiger partial charge in [-0.25, -0.2) is 0 Å². The first-order valence-corrected chi connectivity index (χ1v) is 7.23. The number of hydrogen-bond acceptors (Lipinski definition) is 2. The summed E-state index contributed by atoms with van der Waals surface area (Å²) in [6.07, 6.45) is 1.57. The van der Waals surface area contributed by atoms with Crippen LogP contribution < -0.4 is 5.32 Å². The highest BCUT2D eigenvalue weighted by molar-refractivity contribution is 9.10. The van der Waals surface area contributed by atoms with Crippen LogP contribution >= 0.6 is 27.5 Å². The summed E-state index contributed by atoms with van der Waals surface area (Å²) in [5.74, 6) is -0.0289. The molecule has 0 aliphatic carbocycles. The summed E-state index contributed by atoms with van der Waals surface area (Å²) in [6.45, 7) is 1.84. The summed E-state index contributed by atoms with van der Waals surface area (Å²) in [7, 11) is 0. The van der Waals surface area contributed by atoms with E-state index in [1.807, 2.05) is 37.3 Å². The van der Waals surface area contributed by atoms with Gasteiger partial charge < -0.3 is 5.32 Å². The molecule has 0 spiro atoms. The molecule has 0 bridgehead atoms. The second-order valence-corrected chi connectivity index (χ2v) is 5.57. The van der Waals surface area contributed by atoms with E-state index >= 15 is 0 Å². The lowest BCUT2D eigenvalue weighted by molar-refractivity contribution is 0.104. The number of rotatable bonds is 4. The molecule has 0 atom stereocenters. The Balaban J connectivity index is 2.11. The van der Waals surface area contributed by atoms with Crippen molar-refractivity contribution in [2.75, 3.05) is 5.32 Å². The number of halogens is 2. The average Bonchev–Trinajstić information content (AvgIpc) is 2.44. The van der Waals surface area contributed by atoms with Gasteiger partial charge in [0.05, 0.1) is 5.02 Å². The molecule has 0 aromatic heterocycles. The number of anilines is 1. The van der Waals surface area contributed by atoms with Crippen molar-refractivity contribution in [2.45, 2.75) is 6.92 Å². The Morgan fingerprint density at radius 3 is 2.55 bits per heavy atom. The smallest absolute Gasteiger partial charge is 0.187 e. The van der Waals surface area contributed by atoms with E-state index in [1.165, 1.54) is 0 Å². The Morgan fingerprint density at radius 2 is 1.90 bits per heavy atom. The van der Waals surface area contributed by atoms with Gasteiger partial charge >= 0.3 is 0 Å². The Bertz CT molecular complexity index is 653. The van der Waals surface area contributed by atoms with Crippen LogP contribution in [0.2, 0.25) is 5.02 Å². The molecular formula is C16H13BrClNO. The van der Waals surface area contributed by atoms with Gasteiger partial charge in [-0.2, -0.15) is 0 Å². The highest BCUT2D eigenvalue weighted by Crippen LogP contribution is 2.26. The van der Waals surface area contributed by atoms with Crippen LogP contribution in [0.5, 0.6) is 0 Å². The van der Waals surface area contributed by atoms with Gasteiger partial charge in [0.25, 0.3) is 0 Å². The topological polar surface area (TPSA) is 29.1 Å². The summed E-state index contributed by atoms with van der Waals surface area (Å²) in [6, 6.07) is 14.7. The first-order valence-electron chi connectivity index (χ1n) is 6.06. The molecule has 2 rings (SSSR count). The van der Waals surface area contributed by atoms with Crippen molar-refractivity contribution >= 4 is 39.0 Å². The molecule has 4 heteroatoms. The number of allylic oxidation sites excluding steroid dienone is 2. The van der Waals surface area contributed by atoms with E-state index in [0.717, 1.165) is 15.9 Å². The molecule has 102 valence electrons. The lowest BCUT2D eigenvalue weighted by Crippen LogP contribution is -2.01. The van der Waals surface area contributed by atoms with E-state index in [0.29, 0.717) is 10.6 Å². The maximum Gasteiger partial charge on any atom is 0.187 e. The number of carbonyl (C=O) groups is 1. The maximum atomic E-state index is 12.0. The van der Waals surface area contributed by atoms with Gasteiger partial charge in [-0.15, -0.1) is 0 Å². The fourth-order valence-electron chi connectivity index (χ4n) is 1.72. The number of carbonyl (C=O) groups excluding carboxylic acids is 1. The van der Waals surface area contributed by atoms with Gasteiger partial charge in [0, 0.05) is 27.5 Å². The van der Waals surface area contributed by atoms with Crippen molar-refractivity contribution in [3.05, 3.63) is 75.4 Å². The van der Waals surface area contributed by atoms with E-state index in [4.69, 9.17) is 11.6 Å². The van der Waals surface area contributed by atoms with Gasteiger partial charge in [0.15, 0.2) is 5.78 Å². The Hall–Kier alpha value is -1.58. The van der Waals surface area contributed by atoms with Crippen LogP contribution in [0.4, 0.5) is 5.69 Å². The van der Waals surface area contributed by atoms with Crippen LogP contribution in [0.3, 0.4) is 0 Å². The van der Waals surface area contributed by atoms with E-state index < -0.39 is 0 Å². The van der Waals surface area contributed by atoms with Crippen LogP contribution in [0.15, 0.2) is 64.8 Å². The first-order chi connectivity index (χ1) is 9.56. The lowest BCUT2D eigenvalue weighted by atomic mass is 10.1. The summed E-state index contributed by atoms with van der Waals surface area (Å²) < 4.78 is 0.840. The van der Waals surface area contributed by atoms with E-state index in [9.17, 15) is 4.79 Å². The maximum absolute atomic E-state index is 12.0. The van der Waals surface area contributed by atoms with Crippen molar-refractivity contribution in [3.63, 3.8) is 0 Å². The molecule has 0 saturated carbocycles. The van der Waals surface area contributed by atoms with Crippen molar-refractivity contribution < 1.29 is 4.79 Å². The number of nitrogens with one attached hydrogen (secondary N) is 1. The molecule has 20 heavy (non-hydrogen) atoms. The minimum atomic E-state index is -0.0289. The van der Waals surface area contributed by atoms with Gasteiger partial charge in [0.2, 0.25) is 0 Å². The van der Waals surface area contributed by atoms with Crippen molar-refractivity contribution in [2.24, 2.45) is 0 Å². The summed E-state index contributed by atoms with van der Waals surface area (Å²) >= 11 is 9.36. The summed E-state index contributed by atoms with van der Waals surface area (Å²) in [5, 5.41) is 3.77. The zero-order chi connectivity index (χ0) is 14.5. The minimum absolute atomic E-state index is 0.0289. The van der Waals surface area contributed by atoms with Crippen LogP contribution in [0.1, 0.15) is 17.3 Å². The number of ketones is 1. The van der Waals surface area contributed by atoms with E-state index in [2.05, 4.69) is 21.2 Å². The minimum Gasteiger partial charge on any atom is -0.359 e. The standard InChI is InChI=1S/C16H13BrClNO/c1-11(9-16(20)12-5-3-2-4-6-12)19-13-7-8-14(17)15(18)10-13/h2-10,19H,1H3/b11-9-. The van der Waals surface area contributed by atoms with Crippen LogP contribution in [-0.4, -0.2) is 5.78 Å². The monoisotopic (exact) mass is 349 g/mol. The summed E-state index contributed by atoms with van der Waals surface area (Å²) in [5.41, 5.74) is 2.27. The highest BCUT2D eigenvalue weighted by Gasteiger charge is 2.03. The first kappa shape index (κ1) is 14.8. The highest BCUT2D eigenvalue weighted by atomic mass is 79.9. The Kier molecular flexibility index (Phi) is 4.99.